The lowest BCUT2D eigenvalue weighted by atomic mass is 9.95. The zero-order chi connectivity index (χ0) is 19.1. The van der Waals surface area contributed by atoms with Crippen LogP contribution < -0.4 is 16.6 Å². The molecule has 0 saturated carbocycles. The Morgan fingerprint density at radius 1 is 1.23 bits per heavy atom. The van der Waals surface area contributed by atoms with E-state index in [0.29, 0.717) is 16.6 Å². The minimum absolute atomic E-state index is 0.195. The average molecular weight is 361 g/mol. The van der Waals surface area contributed by atoms with Crippen LogP contribution in [0.4, 0.5) is 5.69 Å². The van der Waals surface area contributed by atoms with E-state index in [2.05, 4.69) is 10.3 Å². The largest absolute Gasteiger partial charge is 0.350 e. The number of anilines is 1. The normalized spacial score (nSPS) is 20.9. The molecule has 2 aromatic rings. The molecule has 0 aliphatic carbocycles. The van der Waals surface area contributed by atoms with Gasteiger partial charge >= 0.3 is 5.69 Å². The van der Waals surface area contributed by atoms with Gasteiger partial charge in [-0.15, -0.1) is 0 Å². The summed E-state index contributed by atoms with van der Waals surface area (Å²) in [5, 5.41) is 2.95. The molecular formula is C18H23N3O5. The van der Waals surface area contributed by atoms with Crippen molar-refractivity contribution in [1.82, 2.24) is 9.55 Å². The van der Waals surface area contributed by atoms with Gasteiger partial charge in [0, 0.05) is 18.0 Å². The molecule has 0 unspecified atom stereocenters. The Morgan fingerprint density at radius 2 is 1.88 bits per heavy atom. The molecule has 1 aliphatic heterocycles. The molecule has 2 heterocycles. The summed E-state index contributed by atoms with van der Waals surface area (Å²) >= 11 is 0. The number of rotatable bonds is 2. The lowest BCUT2D eigenvalue weighted by Gasteiger charge is -2.36. The molecule has 1 aliphatic rings. The highest BCUT2D eigenvalue weighted by molar-refractivity contribution is 5.91. The van der Waals surface area contributed by atoms with Crippen molar-refractivity contribution in [2.75, 3.05) is 18.5 Å². The number of aromatic amines is 1. The number of H-pyrrole nitrogens is 1. The molecule has 1 saturated heterocycles. The zero-order valence-corrected chi connectivity index (χ0v) is 15.3. The number of benzene rings is 1. The Labute approximate surface area is 150 Å². The Balaban J connectivity index is 1.97. The fraction of sp³-hybridized carbons (Fsp3) is 0.500. The maximum Gasteiger partial charge on any atom is 0.329 e. The van der Waals surface area contributed by atoms with Gasteiger partial charge in [0.1, 0.15) is 0 Å². The van der Waals surface area contributed by atoms with Crippen LogP contribution in [0, 0.1) is 5.41 Å². The minimum atomic E-state index is -0.515. The van der Waals surface area contributed by atoms with E-state index in [9.17, 15) is 14.4 Å². The number of carbonyl (C=O) groups excluding carboxylic acids is 1. The number of hydrogen-bond acceptors (Lipinski definition) is 5. The highest BCUT2D eigenvalue weighted by Gasteiger charge is 2.33. The second-order valence-electron chi connectivity index (χ2n) is 7.57. The summed E-state index contributed by atoms with van der Waals surface area (Å²) in [5.74, 6) is -0.239. The first-order chi connectivity index (χ1) is 12.2. The highest BCUT2D eigenvalue weighted by atomic mass is 16.7. The summed E-state index contributed by atoms with van der Waals surface area (Å²) in [6.07, 6.45) is -0.389. The van der Waals surface area contributed by atoms with Gasteiger partial charge in [-0.2, -0.15) is 0 Å². The van der Waals surface area contributed by atoms with Crippen molar-refractivity contribution in [2.45, 2.75) is 40.0 Å². The second kappa shape index (κ2) is 6.69. The molecule has 8 heteroatoms. The van der Waals surface area contributed by atoms with Crippen LogP contribution in [0.5, 0.6) is 0 Å². The Kier molecular flexibility index (Phi) is 4.72. The monoisotopic (exact) mass is 361 g/mol. The maximum absolute atomic E-state index is 12.9. The lowest BCUT2D eigenvalue weighted by molar-refractivity contribution is -0.239. The Morgan fingerprint density at radius 3 is 2.46 bits per heavy atom. The van der Waals surface area contributed by atoms with Gasteiger partial charge < -0.3 is 19.8 Å². The van der Waals surface area contributed by atoms with Gasteiger partial charge in [0.25, 0.3) is 5.56 Å². The first kappa shape index (κ1) is 18.3. The van der Waals surface area contributed by atoms with Gasteiger partial charge in [0.15, 0.2) is 6.29 Å². The third-order valence-electron chi connectivity index (χ3n) is 4.20. The molecule has 3 rings (SSSR count). The number of aromatic nitrogens is 2. The molecule has 2 N–H and O–H groups in total. The average Bonchev–Trinajstić information content (AvgIpc) is 2.55. The quantitative estimate of drug-likeness (QED) is 0.846. The van der Waals surface area contributed by atoms with Crippen LogP contribution in [0.25, 0.3) is 10.9 Å². The Bertz CT molecular complexity index is 946. The van der Waals surface area contributed by atoms with E-state index >= 15 is 0 Å². The van der Waals surface area contributed by atoms with Crippen LogP contribution in [0.1, 0.15) is 33.7 Å². The van der Waals surface area contributed by atoms with E-state index in [1.54, 1.807) is 18.2 Å². The summed E-state index contributed by atoms with van der Waals surface area (Å²) < 4.78 is 12.6. The van der Waals surface area contributed by atoms with Crippen molar-refractivity contribution in [2.24, 2.45) is 5.41 Å². The van der Waals surface area contributed by atoms with Crippen molar-refractivity contribution < 1.29 is 14.3 Å². The van der Waals surface area contributed by atoms with Crippen molar-refractivity contribution >= 4 is 22.5 Å². The number of nitrogens with zero attached hydrogens (tertiary/aromatic N) is 1. The van der Waals surface area contributed by atoms with Crippen molar-refractivity contribution in [3.05, 3.63) is 39.0 Å². The number of ether oxygens (including phenoxy) is 2. The van der Waals surface area contributed by atoms with Crippen molar-refractivity contribution in [3.8, 4) is 0 Å². The third-order valence-corrected chi connectivity index (χ3v) is 4.20. The van der Waals surface area contributed by atoms with Crippen molar-refractivity contribution in [3.63, 3.8) is 0 Å². The van der Waals surface area contributed by atoms with Gasteiger partial charge in [-0.3, -0.25) is 14.2 Å². The van der Waals surface area contributed by atoms with Crippen LogP contribution in [-0.2, 0) is 14.3 Å². The topological polar surface area (TPSA) is 102 Å². The molecule has 0 atom stereocenters. The number of fused-ring (bicyclic) bond motifs is 1. The van der Waals surface area contributed by atoms with Gasteiger partial charge in [-0.25, -0.2) is 4.79 Å². The molecule has 1 aromatic heterocycles. The predicted octanol–water partition coefficient (Wildman–Crippen LogP) is 1.61. The standard InChI is InChI=1S/C18H23N3O5/c1-10(22)19-11-5-6-14-13(7-11)15(23)21(17(24)20-14)12-8-25-16(26-9-12)18(2,3)4/h5-7,12,16H,8-9H2,1-4H3,(H,19,22)(H,20,24)/t12-,16-. The van der Waals surface area contributed by atoms with E-state index in [4.69, 9.17) is 9.47 Å². The van der Waals surface area contributed by atoms with Crippen molar-refractivity contribution in [1.29, 1.82) is 0 Å². The fourth-order valence-corrected chi connectivity index (χ4v) is 2.98. The fourth-order valence-electron chi connectivity index (χ4n) is 2.98. The number of nitrogens with one attached hydrogen (secondary N) is 2. The summed E-state index contributed by atoms with van der Waals surface area (Å²) in [6.45, 7) is 7.80. The van der Waals surface area contributed by atoms with E-state index in [-0.39, 0.29) is 30.8 Å². The molecular weight excluding hydrogens is 338 g/mol. The molecule has 0 bridgehead atoms. The van der Waals surface area contributed by atoms with E-state index in [1.165, 1.54) is 6.92 Å². The number of carbonyl (C=O) groups is 1. The summed E-state index contributed by atoms with van der Waals surface area (Å²) in [6, 6.07) is 4.26. The SMILES string of the molecule is CC(=O)Nc1ccc2[nH]c(=O)n([C@H]3CO[C@H](C(C)(C)C)OC3)c(=O)c2c1. The Hall–Kier alpha value is -2.45. The molecule has 8 nitrogen and oxygen atoms in total. The van der Waals surface area contributed by atoms with Gasteiger partial charge in [0.05, 0.1) is 30.2 Å². The van der Waals surface area contributed by atoms with Crippen LogP contribution in [0.15, 0.2) is 27.8 Å². The third kappa shape index (κ3) is 3.56. The molecule has 1 fully saturated rings. The number of hydrogen-bond donors (Lipinski definition) is 2. The van der Waals surface area contributed by atoms with E-state index < -0.39 is 17.3 Å². The molecule has 26 heavy (non-hydrogen) atoms. The summed E-state index contributed by atoms with van der Waals surface area (Å²) in [4.78, 5) is 39.2. The van der Waals surface area contributed by atoms with Crippen LogP contribution in [0.2, 0.25) is 0 Å². The maximum atomic E-state index is 12.9. The molecule has 0 radical (unpaired) electrons. The summed E-state index contributed by atoms with van der Waals surface area (Å²) in [5.41, 5.74) is -0.248. The highest BCUT2D eigenvalue weighted by Crippen LogP contribution is 2.28. The summed E-state index contributed by atoms with van der Waals surface area (Å²) in [7, 11) is 0. The van der Waals surface area contributed by atoms with Gasteiger partial charge in [-0.1, -0.05) is 20.8 Å². The van der Waals surface area contributed by atoms with E-state index in [1.807, 2.05) is 20.8 Å². The minimum Gasteiger partial charge on any atom is -0.350 e. The van der Waals surface area contributed by atoms with E-state index in [0.717, 1.165) is 4.57 Å². The molecule has 1 aromatic carbocycles. The van der Waals surface area contributed by atoms with Crippen LogP contribution in [-0.4, -0.2) is 35.0 Å². The van der Waals surface area contributed by atoms with Crippen LogP contribution >= 0.6 is 0 Å². The smallest absolute Gasteiger partial charge is 0.329 e. The predicted molar refractivity (Wildman–Crippen MR) is 97.3 cm³/mol. The first-order valence-corrected chi connectivity index (χ1v) is 8.46. The van der Waals surface area contributed by atoms with Crippen LogP contribution in [0.3, 0.4) is 0 Å². The first-order valence-electron chi connectivity index (χ1n) is 8.46. The van der Waals surface area contributed by atoms with Gasteiger partial charge in [-0.05, 0) is 18.2 Å². The molecule has 140 valence electrons. The zero-order valence-electron chi connectivity index (χ0n) is 15.3. The second-order valence-corrected chi connectivity index (χ2v) is 7.57. The molecule has 1 amide bonds. The van der Waals surface area contributed by atoms with Gasteiger partial charge in [0.2, 0.25) is 5.91 Å². The molecule has 0 spiro atoms. The number of amides is 1. The lowest BCUT2D eigenvalue weighted by Crippen LogP contribution is -2.47.